The minimum absolute atomic E-state index is 0.0562. The largest absolute Gasteiger partial charge is 0.381 e. The molecule has 0 radical (unpaired) electrons. The Kier molecular flexibility index (Phi) is 5.58. The molecule has 1 aliphatic rings. The highest BCUT2D eigenvalue weighted by Crippen LogP contribution is 2.23. The second-order valence-electron chi connectivity index (χ2n) is 6.40. The van der Waals surface area contributed by atoms with Crippen molar-refractivity contribution < 1.29 is 9.53 Å². The summed E-state index contributed by atoms with van der Waals surface area (Å²) < 4.78 is 5.51. The molecule has 2 aromatic heterocycles. The van der Waals surface area contributed by atoms with E-state index in [1.165, 1.54) is 4.88 Å². The Labute approximate surface area is 146 Å². The number of aromatic nitrogens is 2. The van der Waals surface area contributed by atoms with Crippen molar-refractivity contribution in [2.45, 2.75) is 45.1 Å². The zero-order valence-corrected chi connectivity index (χ0v) is 14.9. The fourth-order valence-corrected chi connectivity index (χ4v) is 3.61. The molecule has 24 heavy (non-hydrogen) atoms. The van der Waals surface area contributed by atoms with Gasteiger partial charge in [0.05, 0.1) is 24.4 Å². The molecule has 6 heteroatoms. The van der Waals surface area contributed by atoms with Crippen LogP contribution in [0.2, 0.25) is 0 Å². The number of carbonyl (C=O) groups excluding carboxylic acids is 1. The molecule has 3 rings (SSSR count). The third kappa shape index (κ3) is 4.19. The third-order valence-corrected chi connectivity index (χ3v) is 5.37. The number of carbonyl (C=O) groups is 1. The first-order valence-corrected chi connectivity index (χ1v) is 9.27. The first-order valence-electron chi connectivity index (χ1n) is 8.39. The number of hydrogen-bond acceptors (Lipinski definition) is 5. The van der Waals surface area contributed by atoms with Crippen molar-refractivity contribution in [3.63, 3.8) is 0 Å². The van der Waals surface area contributed by atoms with E-state index in [-0.39, 0.29) is 11.8 Å². The van der Waals surface area contributed by atoms with Gasteiger partial charge in [0.2, 0.25) is 0 Å². The number of hydrogen-bond donors (Lipinski definition) is 1. The number of rotatable bonds is 5. The fourth-order valence-electron chi connectivity index (χ4n) is 2.70. The van der Waals surface area contributed by atoms with E-state index in [2.05, 4.69) is 29.1 Å². The molecular formula is C18H23N3O2S. The van der Waals surface area contributed by atoms with Crippen molar-refractivity contribution in [1.82, 2.24) is 15.3 Å². The van der Waals surface area contributed by atoms with E-state index in [1.807, 2.05) is 17.5 Å². The summed E-state index contributed by atoms with van der Waals surface area (Å²) in [4.78, 5) is 22.5. The highest BCUT2D eigenvalue weighted by molar-refractivity contribution is 7.10. The zero-order chi connectivity index (χ0) is 16.9. The Bertz CT molecular complexity index is 693. The fraction of sp³-hybridized carbons (Fsp3) is 0.500. The lowest BCUT2D eigenvalue weighted by Gasteiger charge is -2.20. The van der Waals surface area contributed by atoms with Gasteiger partial charge in [0, 0.05) is 29.0 Å². The number of nitrogens with one attached hydrogen (secondary N) is 1. The Morgan fingerprint density at radius 1 is 1.50 bits per heavy atom. The van der Waals surface area contributed by atoms with Gasteiger partial charge in [-0.05, 0) is 30.9 Å². The van der Waals surface area contributed by atoms with E-state index in [4.69, 9.17) is 4.74 Å². The maximum absolute atomic E-state index is 12.3. The maximum atomic E-state index is 12.3. The second kappa shape index (κ2) is 7.85. The number of amides is 1. The molecule has 0 spiro atoms. The number of ether oxygens (including phenoxy) is 1. The summed E-state index contributed by atoms with van der Waals surface area (Å²) in [6.45, 7) is 6.18. The predicted octanol–water partition coefficient (Wildman–Crippen LogP) is 3.49. The summed E-state index contributed by atoms with van der Waals surface area (Å²) >= 11 is 1.63. The highest BCUT2D eigenvalue weighted by Gasteiger charge is 2.19. The van der Waals surface area contributed by atoms with Gasteiger partial charge >= 0.3 is 0 Å². The Balaban J connectivity index is 1.60. The van der Waals surface area contributed by atoms with Crippen LogP contribution >= 0.6 is 11.3 Å². The van der Waals surface area contributed by atoms with Gasteiger partial charge < -0.3 is 10.1 Å². The van der Waals surface area contributed by atoms with E-state index in [1.54, 1.807) is 17.5 Å². The lowest BCUT2D eigenvalue weighted by Crippen LogP contribution is -2.24. The van der Waals surface area contributed by atoms with Crippen molar-refractivity contribution in [3.8, 4) is 0 Å². The second-order valence-corrected chi connectivity index (χ2v) is 7.34. The lowest BCUT2D eigenvalue weighted by molar-refractivity contribution is 0.0779. The van der Waals surface area contributed by atoms with Gasteiger partial charge in [-0.25, -0.2) is 9.97 Å². The Hall–Kier alpha value is -1.79. The molecule has 1 amide bonds. The van der Waals surface area contributed by atoms with Gasteiger partial charge in [-0.3, -0.25) is 4.79 Å². The highest BCUT2D eigenvalue weighted by atomic mass is 32.1. The minimum atomic E-state index is -0.0562. The van der Waals surface area contributed by atoms with Crippen molar-refractivity contribution in [3.05, 3.63) is 45.7 Å². The summed E-state index contributed by atoms with van der Waals surface area (Å²) in [7, 11) is 0. The van der Waals surface area contributed by atoms with E-state index in [0.29, 0.717) is 19.1 Å². The quantitative estimate of drug-likeness (QED) is 0.901. The summed E-state index contributed by atoms with van der Waals surface area (Å²) in [5.74, 6) is 1.47. The van der Waals surface area contributed by atoms with Crippen LogP contribution in [0.5, 0.6) is 0 Å². The first-order chi connectivity index (χ1) is 11.6. The van der Waals surface area contributed by atoms with Crippen LogP contribution in [0.25, 0.3) is 0 Å². The minimum Gasteiger partial charge on any atom is -0.381 e. The van der Waals surface area contributed by atoms with Crippen LogP contribution in [0.1, 0.15) is 65.3 Å². The van der Waals surface area contributed by atoms with Gasteiger partial charge in [0.15, 0.2) is 0 Å². The summed E-state index contributed by atoms with van der Waals surface area (Å²) in [6.07, 6.45) is 3.87. The third-order valence-electron chi connectivity index (χ3n) is 4.14. The predicted molar refractivity (Wildman–Crippen MR) is 94.4 cm³/mol. The van der Waals surface area contributed by atoms with Crippen molar-refractivity contribution >= 4 is 17.2 Å². The summed E-state index contributed by atoms with van der Waals surface area (Å²) in [5, 5.41) is 4.86. The molecule has 1 aliphatic heterocycles. The first kappa shape index (κ1) is 17.0. The molecule has 0 bridgehead atoms. The molecule has 0 unspecified atom stereocenters. The molecule has 1 saturated heterocycles. The van der Waals surface area contributed by atoms with Crippen molar-refractivity contribution in [2.75, 3.05) is 13.2 Å². The van der Waals surface area contributed by atoms with E-state index in [0.717, 1.165) is 36.5 Å². The topological polar surface area (TPSA) is 64.1 Å². The molecule has 2 aromatic rings. The van der Waals surface area contributed by atoms with Gasteiger partial charge in [-0.2, -0.15) is 0 Å². The summed E-state index contributed by atoms with van der Waals surface area (Å²) in [6, 6.07) is 3.82. The average molecular weight is 345 g/mol. The van der Waals surface area contributed by atoms with Crippen LogP contribution in [-0.4, -0.2) is 29.1 Å². The smallest absolute Gasteiger partial charge is 0.252 e. The van der Waals surface area contributed by atoms with E-state index < -0.39 is 0 Å². The molecule has 0 aliphatic carbocycles. The molecule has 1 atom stereocenters. The van der Waals surface area contributed by atoms with Crippen LogP contribution in [0, 0.1) is 0 Å². The molecule has 3 heterocycles. The van der Waals surface area contributed by atoms with Gasteiger partial charge in [0.25, 0.3) is 5.91 Å². The molecular weight excluding hydrogens is 322 g/mol. The molecule has 5 nitrogen and oxygen atoms in total. The zero-order valence-electron chi connectivity index (χ0n) is 14.1. The SMILES string of the molecule is CC(C)c1cc(C(=O)NCc2ccnc([C@@H]3CCCOC3)n2)cs1. The Morgan fingerprint density at radius 3 is 3.08 bits per heavy atom. The van der Waals surface area contributed by atoms with Crippen LogP contribution in [0.4, 0.5) is 0 Å². The van der Waals surface area contributed by atoms with Crippen LogP contribution < -0.4 is 5.32 Å². The van der Waals surface area contributed by atoms with Gasteiger partial charge in [-0.1, -0.05) is 13.8 Å². The number of nitrogens with zero attached hydrogens (tertiary/aromatic N) is 2. The van der Waals surface area contributed by atoms with Crippen LogP contribution in [0.15, 0.2) is 23.7 Å². The van der Waals surface area contributed by atoms with E-state index in [9.17, 15) is 4.79 Å². The monoisotopic (exact) mass is 345 g/mol. The molecule has 128 valence electrons. The van der Waals surface area contributed by atoms with Gasteiger partial charge in [-0.15, -0.1) is 11.3 Å². The molecule has 1 N–H and O–H groups in total. The van der Waals surface area contributed by atoms with Crippen LogP contribution in [-0.2, 0) is 11.3 Å². The van der Waals surface area contributed by atoms with Gasteiger partial charge in [0.1, 0.15) is 5.82 Å². The average Bonchev–Trinajstić information content (AvgIpc) is 3.11. The molecule has 1 fully saturated rings. The number of thiophene rings is 1. The molecule has 0 aromatic carbocycles. The van der Waals surface area contributed by atoms with Crippen molar-refractivity contribution in [2.24, 2.45) is 0 Å². The Morgan fingerprint density at radius 2 is 2.38 bits per heavy atom. The van der Waals surface area contributed by atoms with Crippen molar-refractivity contribution in [1.29, 1.82) is 0 Å². The normalized spacial score (nSPS) is 17.9. The van der Waals surface area contributed by atoms with Crippen LogP contribution in [0.3, 0.4) is 0 Å². The summed E-state index contributed by atoms with van der Waals surface area (Å²) in [5.41, 5.74) is 1.55. The molecule has 0 saturated carbocycles. The standard InChI is InChI=1S/C18H23N3O2S/c1-12(2)16-8-14(11-24-16)18(22)20-9-15-5-6-19-17(21-15)13-4-3-7-23-10-13/h5-6,8,11-13H,3-4,7,9-10H2,1-2H3,(H,20,22)/t13-/m1/s1. The lowest BCUT2D eigenvalue weighted by atomic mass is 10.0. The van der Waals surface area contributed by atoms with E-state index >= 15 is 0 Å². The maximum Gasteiger partial charge on any atom is 0.252 e.